The number of rotatable bonds is 5. The largest absolute Gasteiger partial charge is 0.303 e. The molecular weight excluding hydrogens is 232 g/mol. The molecule has 1 atom stereocenters. The molecule has 19 heavy (non-hydrogen) atoms. The summed E-state index contributed by atoms with van der Waals surface area (Å²) in [6.07, 6.45) is 1.82. The summed E-state index contributed by atoms with van der Waals surface area (Å²) >= 11 is 0. The molecule has 1 nitrogen and oxygen atoms in total. The van der Waals surface area contributed by atoms with E-state index in [4.69, 9.17) is 0 Å². The quantitative estimate of drug-likeness (QED) is 0.724. The first-order valence-electron chi connectivity index (χ1n) is 6.79. The molecular formula is C18H20O. The fourth-order valence-electron chi connectivity index (χ4n) is 2.24. The predicted molar refractivity (Wildman–Crippen MR) is 79.5 cm³/mol. The van der Waals surface area contributed by atoms with Crippen LogP contribution < -0.4 is 0 Å². The van der Waals surface area contributed by atoms with Crippen molar-refractivity contribution in [3.8, 4) is 0 Å². The Labute approximate surface area is 115 Å². The fraction of sp³-hybridized carbons (Fsp3) is 0.278. The van der Waals surface area contributed by atoms with Crippen molar-refractivity contribution in [1.29, 1.82) is 0 Å². The van der Waals surface area contributed by atoms with Crippen molar-refractivity contribution >= 4 is 6.29 Å². The van der Waals surface area contributed by atoms with Crippen LogP contribution in [0.2, 0.25) is 0 Å². The van der Waals surface area contributed by atoms with Gasteiger partial charge in [0.2, 0.25) is 0 Å². The Hall–Kier alpha value is -1.89. The van der Waals surface area contributed by atoms with E-state index in [0.29, 0.717) is 5.92 Å². The first-order valence-corrected chi connectivity index (χ1v) is 6.79. The van der Waals surface area contributed by atoms with Gasteiger partial charge in [-0.3, -0.25) is 0 Å². The molecule has 2 aromatic carbocycles. The Morgan fingerprint density at radius 3 is 2.05 bits per heavy atom. The zero-order valence-corrected chi connectivity index (χ0v) is 11.5. The average molecular weight is 252 g/mol. The molecule has 0 heterocycles. The molecule has 0 saturated carbocycles. The highest BCUT2D eigenvalue weighted by atomic mass is 16.1. The van der Waals surface area contributed by atoms with E-state index in [2.05, 4.69) is 38.1 Å². The second-order valence-electron chi connectivity index (χ2n) is 5.25. The predicted octanol–water partition coefficient (Wildman–Crippen LogP) is 4.34. The molecule has 0 bridgehead atoms. The number of aldehydes is 1. The molecule has 1 unspecified atom stereocenters. The summed E-state index contributed by atoms with van der Waals surface area (Å²) in [6, 6.07) is 18.6. The maximum Gasteiger partial charge on any atom is 0.127 e. The fourth-order valence-corrected chi connectivity index (χ4v) is 2.24. The van der Waals surface area contributed by atoms with Gasteiger partial charge < -0.3 is 4.79 Å². The molecule has 0 amide bonds. The van der Waals surface area contributed by atoms with Crippen molar-refractivity contribution < 1.29 is 4.79 Å². The Morgan fingerprint density at radius 1 is 0.895 bits per heavy atom. The topological polar surface area (TPSA) is 17.1 Å². The Bertz CT molecular complexity index is 511. The molecule has 0 aromatic heterocycles. The monoisotopic (exact) mass is 252 g/mol. The van der Waals surface area contributed by atoms with Crippen LogP contribution in [0.25, 0.3) is 0 Å². The van der Waals surface area contributed by atoms with Crippen molar-refractivity contribution in [2.45, 2.75) is 32.1 Å². The van der Waals surface area contributed by atoms with Crippen LogP contribution >= 0.6 is 0 Å². The zero-order chi connectivity index (χ0) is 13.7. The van der Waals surface area contributed by atoms with Gasteiger partial charge in [-0.25, -0.2) is 0 Å². The van der Waals surface area contributed by atoms with E-state index in [1.807, 2.05) is 30.3 Å². The van der Waals surface area contributed by atoms with E-state index in [9.17, 15) is 4.79 Å². The molecule has 2 rings (SSSR count). The third kappa shape index (κ3) is 3.54. The van der Waals surface area contributed by atoms with E-state index < -0.39 is 0 Å². The van der Waals surface area contributed by atoms with Gasteiger partial charge in [0.25, 0.3) is 0 Å². The highest BCUT2D eigenvalue weighted by Gasteiger charge is 2.11. The second-order valence-corrected chi connectivity index (χ2v) is 5.25. The van der Waals surface area contributed by atoms with Gasteiger partial charge in [-0.1, -0.05) is 68.4 Å². The molecule has 0 spiro atoms. The van der Waals surface area contributed by atoms with Crippen LogP contribution in [0.15, 0.2) is 54.6 Å². The third-order valence-electron chi connectivity index (χ3n) is 3.49. The van der Waals surface area contributed by atoms with E-state index in [-0.39, 0.29) is 5.92 Å². The van der Waals surface area contributed by atoms with Crippen LogP contribution in [-0.4, -0.2) is 6.29 Å². The standard InChI is InChI=1S/C18H20O/c1-14(2)16-10-8-15(9-11-16)12-18(13-19)17-6-4-3-5-7-17/h3-11,13-14,18H,12H2,1-2H3. The number of hydrogen-bond donors (Lipinski definition) is 0. The van der Waals surface area contributed by atoms with Crippen molar-refractivity contribution in [3.63, 3.8) is 0 Å². The number of hydrogen-bond acceptors (Lipinski definition) is 1. The van der Waals surface area contributed by atoms with Gasteiger partial charge in [0.15, 0.2) is 0 Å². The number of carbonyl (C=O) groups is 1. The molecule has 0 radical (unpaired) electrons. The van der Waals surface area contributed by atoms with E-state index >= 15 is 0 Å². The van der Waals surface area contributed by atoms with Crippen molar-refractivity contribution in [2.24, 2.45) is 0 Å². The smallest absolute Gasteiger partial charge is 0.127 e. The highest BCUT2D eigenvalue weighted by molar-refractivity contribution is 5.62. The molecule has 1 heteroatoms. The Balaban J connectivity index is 2.13. The molecule has 98 valence electrons. The summed E-state index contributed by atoms with van der Waals surface area (Å²) in [5.41, 5.74) is 3.64. The van der Waals surface area contributed by atoms with Crippen LogP contribution in [0.3, 0.4) is 0 Å². The zero-order valence-electron chi connectivity index (χ0n) is 11.5. The molecule has 0 aliphatic rings. The minimum atomic E-state index is -0.0499. The van der Waals surface area contributed by atoms with Crippen LogP contribution in [-0.2, 0) is 11.2 Å². The first kappa shape index (κ1) is 13.5. The van der Waals surface area contributed by atoms with Gasteiger partial charge in [0, 0.05) is 5.92 Å². The Morgan fingerprint density at radius 2 is 1.53 bits per heavy atom. The number of benzene rings is 2. The summed E-state index contributed by atoms with van der Waals surface area (Å²) in [5.74, 6) is 0.496. The van der Waals surface area contributed by atoms with Crippen LogP contribution in [0.1, 0.15) is 42.4 Å². The molecule has 0 aliphatic carbocycles. The van der Waals surface area contributed by atoms with E-state index in [1.165, 1.54) is 11.1 Å². The summed E-state index contributed by atoms with van der Waals surface area (Å²) in [4.78, 5) is 11.3. The van der Waals surface area contributed by atoms with Gasteiger partial charge in [-0.15, -0.1) is 0 Å². The molecule has 0 saturated heterocycles. The van der Waals surface area contributed by atoms with Crippen molar-refractivity contribution in [2.75, 3.05) is 0 Å². The summed E-state index contributed by atoms with van der Waals surface area (Å²) in [6.45, 7) is 4.38. The van der Waals surface area contributed by atoms with E-state index in [1.54, 1.807) is 0 Å². The molecule has 0 fully saturated rings. The van der Waals surface area contributed by atoms with Gasteiger partial charge >= 0.3 is 0 Å². The minimum Gasteiger partial charge on any atom is -0.303 e. The van der Waals surface area contributed by atoms with Gasteiger partial charge in [-0.2, -0.15) is 0 Å². The lowest BCUT2D eigenvalue weighted by Gasteiger charge is -2.12. The normalized spacial score (nSPS) is 12.4. The van der Waals surface area contributed by atoms with Crippen molar-refractivity contribution in [3.05, 3.63) is 71.3 Å². The summed E-state index contributed by atoms with van der Waals surface area (Å²) in [7, 11) is 0. The average Bonchev–Trinajstić information content (AvgIpc) is 2.46. The summed E-state index contributed by atoms with van der Waals surface area (Å²) < 4.78 is 0. The highest BCUT2D eigenvalue weighted by Crippen LogP contribution is 2.21. The van der Waals surface area contributed by atoms with E-state index in [0.717, 1.165) is 18.3 Å². The number of carbonyl (C=O) groups excluding carboxylic acids is 1. The lowest BCUT2D eigenvalue weighted by Crippen LogP contribution is -2.04. The lowest BCUT2D eigenvalue weighted by atomic mass is 9.92. The van der Waals surface area contributed by atoms with Gasteiger partial charge in [0.05, 0.1) is 0 Å². The molecule has 2 aromatic rings. The van der Waals surface area contributed by atoms with Gasteiger partial charge in [-0.05, 0) is 29.0 Å². The second kappa shape index (κ2) is 6.33. The van der Waals surface area contributed by atoms with Crippen LogP contribution in [0.4, 0.5) is 0 Å². The maximum atomic E-state index is 11.3. The van der Waals surface area contributed by atoms with Crippen LogP contribution in [0.5, 0.6) is 0 Å². The SMILES string of the molecule is CC(C)c1ccc(CC(C=O)c2ccccc2)cc1. The molecule has 0 N–H and O–H groups in total. The molecule has 0 aliphatic heterocycles. The van der Waals surface area contributed by atoms with Gasteiger partial charge in [0.1, 0.15) is 6.29 Å². The first-order chi connectivity index (χ1) is 9.20. The lowest BCUT2D eigenvalue weighted by molar-refractivity contribution is -0.109. The van der Waals surface area contributed by atoms with Crippen LogP contribution in [0, 0.1) is 0 Å². The summed E-state index contributed by atoms with van der Waals surface area (Å²) in [5, 5.41) is 0. The minimum absolute atomic E-state index is 0.0499. The Kier molecular flexibility index (Phi) is 4.51. The van der Waals surface area contributed by atoms with Crippen molar-refractivity contribution in [1.82, 2.24) is 0 Å². The third-order valence-corrected chi connectivity index (χ3v) is 3.49. The maximum absolute atomic E-state index is 11.3.